The fraction of sp³-hybridized carbons (Fsp3) is 0.214. The van der Waals surface area contributed by atoms with Crippen LogP contribution in [0.25, 0.3) is 0 Å². The lowest BCUT2D eigenvalue weighted by atomic mass is 10.0. The summed E-state index contributed by atoms with van der Waals surface area (Å²) in [5.41, 5.74) is 2.46. The number of sulfonamides is 1. The molecule has 118 valence electrons. The number of phenols is 1. The fourth-order valence-corrected chi connectivity index (χ4v) is 4.10. The Labute approximate surface area is 132 Å². The van der Waals surface area contributed by atoms with Crippen LogP contribution in [0.4, 0.5) is 5.69 Å². The summed E-state index contributed by atoms with van der Waals surface area (Å²) in [5.74, 6) is -0.479. The number of benzene rings is 1. The summed E-state index contributed by atoms with van der Waals surface area (Å²) in [5, 5.41) is 19.2. The molecule has 1 amide bonds. The number of nitrogens with two attached hydrogens (primary N) is 1. The van der Waals surface area contributed by atoms with E-state index in [1.807, 2.05) is 0 Å². The molecule has 1 aromatic carbocycles. The Balaban J connectivity index is 2.44. The highest BCUT2D eigenvalue weighted by Gasteiger charge is 2.22. The van der Waals surface area contributed by atoms with Gasteiger partial charge in [-0.3, -0.25) is 4.79 Å². The monoisotopic (exact) mass is 340 g/mol. The normalized spacial score (nSPS) is 11.5. The van der Waals surface area contributed by atoms with E-state index in [-0.39, 0.29) is 15.5 Å². The second kappa shape index (κ2) is 5.71. The van der Waals surface area contributed by atoms with E-state index in [1.165, 1.54) is 11.4 Å². The van der Waals surface area contributed by atoms with Crippen molar-refractivity contribution in [3.05, 3.63) is 39.1 Å². The summed E-state index contributed by atoms with van der Waals surface area (Å²) in [4.78, 5) is 12.1. The topological polar surface area (TPSA) is 109 Å². The molecule has 0 atom stereocenters. The minimum Gasteiger partial charge on any atom is -0.507 e. The number of rotatable bonds is 3. The molecule has 0 bridgehead atoms. The van der Waals surface area contributed by atoms with Crippen molar-refractivity contribution >= 4 is 33.0 Å². The number of anilines is 1. The number of thiophene rings is 1. The van der Waals surface area contributed by atoms with E-state index in [0.29, 0.717) is 16.8 Å². The standard InChI is InChI=1S/C14H16N2O4S2/c1-7-6-8(2)12(17)9(3)11(7)16-14(18)13-10(4-5-21-13)22(15,19)20/h4-6,17H,1-3H3,(H,16,18)(H2,15,19,20). The Bertz CT molecular complexity index is 854. The second-order valence-corrected chi connectivity index (χ2v) is 7.42. The molecule has 0 aliphatic rings. The number of hydrogen-bond acceptors (Lipinski definition) is 5. The van der Waals surface area contributed by atoms with Crippen LogP contribution >= 0.6 is 11.3 Å². The summed E-state index contributed by atoms with van der Waals surface area (Å²) < 4.78 is 22.9. The van der Waals surface area contributed by atoms with E-state index in [4.69, 9.17) is 5.14 Å². The lowest BCUT2D eigenvalue weighted by Crippen LogP contribution is -2.19. The van der Waals surface area contributed by atoms with Crippen LogP contribution < -0.4 is 10.5 Å². The highest BCUT2D eigenvalue weighted by molar-refractivity contribution is 7.89. The van der Waals surface area contributed by atoms with Gasteiger partial charge >= 0.3 is 0 Å². The molecule has 8 heteroatoms. The number of hydrogen-bond donors (Lipinski definition) is 3. The number of aryl methyl sites for hydroxylation is 2. The van der Waals surface area contributed by atoms with Gasteiger partial charge in [0.15, 0.2) is 0 Å². The minimum absolute atomic E-state index is 0.0152. The van der Waals surface area contributed by atoms with Gasteiger partial charge in [0, 0.05) is 5.56 Å². The van der Waals surface area contributed by atoms with Gasteiger partial charge in [0.1, 0.15) is 15.5 Å². The van der Waals surface area contributed by atoms with E-state index in [1.54, 1.807) is 26.8 Å². The van der Waals surface area contributed by atoms with Crippen LogP contribution in [0.15, 0.2) is 22.4 Å². The van der Waals surface area contributed by atoms with Crippen molar-refractivity contribution in [1.82, 2.24) is 0 Å². The fourth-order valence-electron chi connectivity index (χ4n) is 2.22. The average molecular weight is 340 g/mol. The van der Waals surface area contributed by atoms with Crippen LogP contribution in [0, 0.1) is 20.8 Å². The molecule has 2 rings (SSSR count). The highest BCUT2D eigenvalue weighted by atomic mass is 32.2. The van der Waals surface area contributed by atoms with Gasteiger partial charge in [-0.05, 0) is 43.3 Å². The third-order valence-corrected chi connectivity index (χ3v) is 5.31. The van der Waals surface area contributed by atoms with Crippen LogP contribution in [0.1, 0.15) is 26.4 Å². The van der Waals surface area contributed by atoms with Crippen molar-refractivity contribution in [2.45, 2.75) is 25.7 Å². The summed E-state index contributed by atoms with van der Waals surface area (Å²) in [6, 6.07) is 3.04. The molecule has 0 aliphatic carbocycles. The Morgan fingerprint density at radius 3 is 2.50 bits per heavy atom. The number of nitrogens with one attached hydrogen (secondary N) is 1. The molecule has 1 heterocycles. The van der Waals surface area contributed by atoms with Crippen molar-refractivity contribution in [3.8, 4) is 5.75 Å². The highest BCUT2D eigenvalue weighted by Crippen LogP contribution is 2.32. The molecular weight excluding hydrogens is 324 g/mol. The first kappa shape index (κ1) is 16.5. The maximum atomic E-state index is 12.3. The molecular formula is C14H16N2O4S2. The SMILES string of the molecule is Cc1cc(C)c(NC(=O)c2sccc2S(N)(=O)=O)c(C)c1O. The van der Waals surface area contributed by atoms with E-state index in [2.05, 4.69) is 5.32 Å². The number of amides is 1. The molecule has 4 N–H and O–H groups in total. The zero-order chi connectivity index (χ0) is 16.7. The van der Waals surface area contributed by atoms with Crippen LogP contribution in [-0.2, 0) is 10.0 Å². The molecule has 0 unspecified atom stereocenters. The number of aromatic hydroxyl groups is 1. The predicted octanol–water partition coefficient (Wildman–Crippen LogP) is 2.28. The predicted molar refractivity (Wildman–Crippen MR) is 86.0 cm³/mol. The Hall–Kier alpha value is -1.90. The zero-order valence-corrected chi connectivity index (χ0v) is 13.9. The van der Waals surface area contributed by atoms with Gasteiger partial charge < -0.3 is 10.4 Å². The molecule has 1 aromatic heterocycles. The smallest absolute Gasteiger partial charge is 0.267 e. The molecule has 0 spiro atoms. The molecule has 2 aromatic rings. The Morgan fingerprint density at radius 2 is 1.91 bits per heavy atom. The van der Waals surface area contributed by atoms with Gasteiger partial charge in [-0.15, -0.1) is 11.3 Å². The van der Waals surface area contributed by atoms with Crippen molar-refractivity contribution < 1.29 is 18.3 Å². The lowest BCUT2D eigenvalue weighted by Gasteiger charge is -2.14. The average Bonchev–Trinajstić information content (AvgIpc) is 2.90. The molecule has 0 saturated carbocycles. The van der Waals surface area contributed by atoms with Crippen LogP contribution in [0.5, 0.6) is 5.75 Å². The van der Waals surface area contributed by atoms with Crippen LogP contribution in [-0.4, -0.2) is 19.4 Å². The van der Waals surface area contributed by atoms with E-state index in [0.717, 1.165) is 16.9 Å². The van der Waals surface area contributed by atoms with Crippen molar-refractivity contribution in [3.63, 3.8) is 0 Å². The van der Waals surface area contributed by atoms with Crippen molar-refractivity contribution in [2.24, 2.45) is 5.14 Å². The van der Waals surface area contributed by atoms with E-state index < -0.39 is 15.9 Å². The Kier molecular flexibility index (Phi) is 4.28. The lowest BCUT2D eigenvalue weighted by molar-refractivity contribution is 0.102. The van der Waals surface area contributed by atoms with Gasteiger partial charge in [0.25, 0.3) is 5.91 Å². The largest absolute Gasteiger partial charge is 0.507 e. The summed E-state index contributed by atoms with van der Waals surface area (Å²) in [7, 11) is -3.96. The first-order valence-corrected chi connectivity index (χ1v) is 8.77. The molecule has 0 fully saturated rings. The molecule has 0 saturated heterocycles. The number of primary sulfonamides is 1. The first-order valence-electron chi connectivity index (χ1n) is 6.34. The van der Waals surface area contributed by atoms with Crippen molar-refractivity contribution in [2.75, 3.05) is 5.32 Å². The first-order chi connectivity index (χ1) is 10.1. The van der Waals surface area contributed by atoms with E-state index in [9.17, 15) is 18.3 Å². The molecule has 0 radical (unpaired) electrons. The Morgan fingerprint density at radius 1 is 1.27 bits per heavy atom. The summed E-state index contributed by atoms with van der Waals surface area (Å²) in [6.45, 7) is 5.24. The zero-order valence-electron chi connectivity index (χ0n) is 12.3. The van der Waals surface area contributed by atoms with Gasteiger partial charge in [-0.1, -0.05) is 6.07 Å². The van der Waals surface area contributed by atoms with Gasteiger partial charge in [-0.25, -0.2) is 13.6 Å². The number of phenolic OH excluding ortho intramolecular Hbond substituents is 1. The maximum Gasteiger partial charge on any atom is 0.267 e. The molecule has 0 aliphatic heterocycles. The van der Waals surface area contributed by atoms with Gasteiger partial charge in [-0.2, -0.15) is 0 Å². The number of carbonyl (C=O) groups excluding carboxylic acids is 1. The molecule has 22 heavy (non-hydrogen) atoms. The van der Waals surface area contributed by atoms with Crippen LogP contribution in [0.2, 0.25) is 0 Å². The third-order valence-electron chi connectivity index (χ3n) is 3.31. The van der Waals surface area contributed by atoms with Gasteiger partial charge in [0.05, 0.1) is 5.69 Å². The molecule has 6 nitrogen and oxygen atoms in total. The van der Waals surface area contributed by atoms with Gasteiger partial charge in [0.2, 0.25) is 10.0 Å². The number of carbonyl (C=O) groups is 1. The quantitative estimate of drug-likeness (QED) is 0.796. The summed E-state index contributed by atoms with van der Waals surface area (Å²) in [6.07, 6.45) is 0. The van der Waals surface area contributed by atoms with Crippen LogP contribution in [0.3, 0.4) is 0 Å². The third kappa shape index (κ3) is 2.99. The second-order valence-electron chi connectivity index (χ2n) is 4.97. The maximum absolute atomic E-state index is 12.3. The minimum atomic E-state index is -3.96. The van der Waals surface area contributed by atoms with Crippen molar-refractivity contribution in [1.29, 1.82) is 0 Å². The summed E-state index contributed by atoms with van der Waals surface area (Å²) >= 11 is 0.989. The van der Waals surface area contributed by atoms with E-state index >= 15 is 0 Å².